The predicted molar refractivity (Wildman–Crippen MR) is 147 cm³/mol. The van der Waals surface area contributed by atoms with Crippen LogP contribution in [0.15, 0.2) is 65.8 Å². The van der Waals surface area contributed by atoms with Crippen molar-refractivity contribution in [2.24, 2.45) is 12.8 Å². The SMILES string of the molecule is Cc1cc(-c2cc(F)cc(-c3cc(N4CCC(N)CC4)c4cn[nH]c4c3)c2O)ccc1-n1ccn(C)c1=O. The van der Waals surface area contributed by atoms with E-state index in [1.807, 2.05) is 31.2 Å². The summed E-state index contributed by atoms with van der Waals surface area (Å²) in [6, 6.07) is 12.2. The van der Waals surface area contributed by atoms with Gasteiger partial charge in [-0.2, -0.15) is 5.10 Å². The van der Waals surface area contributed by atoms with E-state index in [9.17, 15) is 9.90 Å². The van der Waals surface area contributed by atoms with E-state index in [1.165, 1.54) is 16.7 Å². The van der Waals surface area contributed by atoms with Gasteiger partial charge in [0.05, 0.1) is 17.4 Å². The summed E-state index contributed by atoms with van der Waals surface area (Å²) >= 11 is 0. The van der Waals surface area contributed by atoms with Crippen molar-refractivity contribution >= 4 is 16.6 Å². The first-order chi connectivity index (χ1) is 18.3. The van der Waals surface area contributed by atoms with Crippen LogP contribution in [0.4, 0.5) is 10.1 Å². The van der Waals surface area contributed by atoms with Crippen LogP contribution in [0.3, 0.4) is 0 Å². The largest absolute Gasteiger partial charge is 0.507 e. The van der Waals surface area contributed by atoms with Crippen LogP contribution in [-0.4, -0.2) is 43.6 Å². The maximum absolute atomic E-state index is 15.0. The number of nitrogens with one attached hydrogen (secondary N) is 1. The number of aromatic amines is 1. The molecule has 0 unspecified atom stereocenters. The lowest BCUT2D eigenvalue weighted by molar-refractivity contribution is 0.477. The summed E-state index contributed by atoms with van der Waals surface area (Å²) in [7, 11) is 1.70. The molecule has 2 aromatic heterocycles. The molecule has 3 aromatic carbocycles. The van der Waals surface area contributed by atoms with E-state index in [0.29, 0.717) is 22.3 Å². The minimum Gasteiger partial charge on any atom is -0.507 e. The maximum Gasteiger partial charge on any atom is 0.332 e. The van der Waals surface area contributed by atoms with E-state index < -0.39 is 5.82 Å². The second-order valence-electron chi connectivity index (χ2n) is 10.1. The summed E-state index contributed by atoms with van der Waals surface area (Å²) in [6.07, 6.45) is 6.99. The predicted octanol–water partition coefficient (Wildman–Crippen LogP) is 4.47. The van der Waals surface area contributed by atoms with Crippen molar-refractivity contribution in [1.82, 2.24) is 19.3 Å². The Balaban J connectivity index is 1.45. The van der Waals surface area contributed by atoms with Crippen LogP contribution < -0.4 is 16.3 Å². The molecular formula is C29H29FN6O2. The fourth-order valence-corrected chi connectivity index (χ4v) is 5.37. The molecular weight excluding hydrogens is 483 g/mol. The van der Waals surface area contributed by atoms with Crippen molar-refractivity contribution < 1.29 is 9.50 Å². The van der Waals surface area contributed by atoms with Crippen molar-refractivity contribution in [1.29, 1.82) is 0 Å². The van der Waals surface area contributed by atoms with Gasteiger partial charge in [0.2, 0.25) is 0 Å². The highest BCUT2D eigenvalue weighted by Gasteiger charge is 2.22. The summed E-state index contributed by atoms with van der Waals surface area (Å²) in [5, 5.41) is 19.6. The first-order valence-corrected chi connectivity index (χ1v) is 12.7. The fourth-order valence-electron chi connectivity index (χ4n) is 5.37. The van der Waals surface area contributed by atoms with Gasteiger partial charge in [0.1, 0.15) is 11.6 Å². The second-order valence-corrected chi connectivity index (χ2v) is 10.1. The number of nitrogens with two attached hydrogens (primary N) is 1. The number of phenols is 1. The highest BCUT2D eigenvalue weighted by molar-refractivity contribution is 5.97. The zero-order valence-electron chi connectivity index (χ0n) is 21.3. The Morgan fingerprint density at radius 2 is 1.76 bits per heavy atom. The highest BCUT2D eigenvalue weighted by Crippen LogP contribution is 2.42. The van der Waals surface area contributed by atoms with Gasteiger partial charge in [-0.15, -0.1) is 0 Å². The Morgan fingerprint density at radius 3 is 2.45 bits per heavy atom. The average molecular weight is 513 g/mol. The second kappa shape index (κ2) is 9.18. The molecule has 5 aromatic rings. The molecule has 1 aliphatic heterocycles. The summed E-state index contributed by atoms with van der Waals surface area (Å²) < 4.78 is 18.1. The van der Waals surface area contributed by atoms with Crippen LogP contribution in [0, 0.1) is 12.7 Å². The molecule has 8 nitrogen and oxygen atoms in total. The third-order valence-electron chi connectivity index (χ3n) is 7.52. The van der Waals surface area contributed by atoms with E-state index in [1.54, 1.807) is 36.3 Å². The quantitative estimate of drug-likeness (QED) is 0.330. The minimum absolute atomic E-state index is 0.0130. The molecule has 9 heteroatoms. The topological polar surface area (TPSA) is 105 Å². The number of imidazole rings is 1. The number of aromatic hydroxyl groups is 1. The van der Waals surface area contributed by atoms with Crippen LogP contribution in [-0.2, 0) is 7.05 Å². The lowest BCUT2D eigenvalue weighted by atomic mass is 9.94. The molecule has 3 heterocycles. The maximum atomic E-state index is 15.0. The van der Waals surface area contributed by atoms with Gasteiger partial charge in [-0.05, 0) is 72.9 Å². The number of aryl methyl sites for hydroxylation is 2. The van der Waals surface area contributed by atoms with E-state index >= 15 is 4.39 Å². The smallest absolute Gasteiger partial charge is 0.332 e. The summed E-state index contributed by atoms with van der Waals surface area (Å²) in [5.41, 5.74) is 11.4. The molecule has 4 N–H and O–H groups in total. The molecule has 6 rings (SSSR count). The third kappa shape index (κ3) is 4.05. The molecule has 194 valence electrons. The lowest BCUT2D eigenvalue weighted by Gasteiger charge is -2.32. The number of H-pyrrole nitrogens is 1. The number of piperidine rings is 1. The van der Waals surface area contributed by atoms with Crippen LogP contribution in [0.5, 0.6) is 5.75 Å². The van der Waals surface area contributed by atoms with E-state index in [-0.39, 0.29) is 17.5 Å². The number of nitrogens with zero attached hydrogens (tertiary/aromatic N) is 4. The Kier molecular flexibility index (Phi) is 5.80. The number of hydrogen-bond donors (Lipinski definition) is 3. The first kappa shape index (κ1) is 24.0. The van der Waals surface area contributed by atoms with Crippen molar-refractivity contribution in [2.75, 3.05) is 18.0 Å². The monoisotopic (exact) mass is 512 g/mol. The third-order valence-corrected chi connectivity index (χ3v) is 7.52. The zero-order chi connectivity index (χ0) is 26.6. The van der Waals surface area contributed by atoms with Gasteiger partial charge in [0.15, 0.2) is 0 Å². The molecule has 1 aliphatic rings. The number of aromatic nitrogens is 4. The molecule has 0 bridgehead atoms. The zero-order valence-corrected chi connectivity index (χ0v) is 21.3. The van der Waals surface area contributed by atoms with Crippen LogP contribution in [0.25, 0.3) is 38.8 Å². The van der Waals surface area contributed by atoms with Gasteiger partial charge in [0, 0.05) is 60.8 Å². The number of phenolic OH excluding ortho intramolecular Hbond substituents is 1. The summed E-state index contributed by atoms with van der Waals surface area (Å²) in [6.45, 7) is 3.53. The van der Waals surface area contributed by atoms with Crippen LogP contribution in [0.1, 0.15) is 18.4 Å². The lowest BCUT2D eigenvalue weighted by Crippen LogP contribution is -2.39. The van der Waals surface area contributed by atoms with E-state index in [2.05, 4.69) is 15.1 Å². The highest BCUT2D eigenvalue weighted by atomic mass is 19.1. The summed E-state index contributed by atoms with van der Waals surface area (Å²) in [4.78, 5) is 14.7. The normalized spacial score (nSPS) is 14.5. The number of fused-ring (bicyclic) bond motifs is 1. The van der Waals surface area contributed by atoms with Gasteiger partial charge >= 0.3 is 5.69 Å². The van der Waals surface area contributed by atoms with Gasteiger partial charge in [-0.1, -0.05) is 6.07 Å². The molecule has 1 fully saturated rings. The molecule has 0 spiro atoms. The minimum atomic E-state index is -0.455. The van der Waals surface area contributed by atoms with Crippen molar-refractivity contribution in [3.63, 3.8) is 0 Å². The number of hydrogen-bond acceptors (Lipinski definition) is 5. The van der Waals surface area contributed by atoms with Crippen molar-refractivity contribution in [3.8, 4) is 33.7 Å². The van der Waals surface area contributed by atoms with E-state index in [4.69, 9.17) is 5.73 Å². The van der Waals surface area contributed by atoms with E-state index in [0.717, 1.165) is 53.8 Å². The Bertz CT molecular complexity index is 1730. The Morgan fingerprint density at radius 1 is 1.03 bits per heavy atom. The molecule has 0 saturated carbocycles. The number of anilines is 1. The molecule has 0 amide bonds. The molecule has 0 aliphatic carbocycles. The van der Waals surface area contributed by atoms with Gasteiger partial charge in [-0.3, -0.25) is 9.67 Å². The van der Waals surface area contributed by atoms with Gasteiger partial charge in [-0.25, -0.2) is 9.18 Å². The first-order valence-electron chi connectivity index (χ1n) is 12.7. The average Bonchev–Trinajstić information content (AvgIpc) is 3.51. The van der Waals surface area contributed by atoms with Gasteiger partial charge in [0.25, 0.3) is 0 Å². The molecule has 0 atom stereocenters. The summed E-state index contributed by atoms with van der Waals surface area (Å²) in [5.74, 6) is -0.468. The Hall–Kier alpha value is -4.37. The molecule has 38 heavy (non-hydrogen) atoms. The Labute approximate surface area is 218 Å². The standard InChI is InChI=1S/C29H29FN6O2/c1-17-11-18(3-4-26(17)36-10-9-34(2)29(36)38)22-14-20(30)15-23(28(22)37)19-12-25-24(16-32-33-25)27(13-19)35-7-5-21(31)6-8-35/h3-4,9-16,21,37H,5-8,31H2,1-2H3,(H,32,33). The number of halogens is 1. The van der Waals surface area contributed by atoms with Crippen molar-refractivity contribution in [2.45, 2.75) is 25.8 Å². The van der Waals surface area contributed by atoms with Gasteiger partial charge < -0.3 is 20.3 Å². The van der Waals surface area contributed by atoms with Crippen LogP contribution in [0.2, 0.25) is 0 Å². The molecule has 1 saturated heterocycles. The number of benzene rings is 3. The van der Waals surface area contributed by atoms with Crippen molar-refractivity contribution in [3.05, 3.63) is 82.9 Å². The van der Waals surface area contributed by atoms with Crippen LogP contribution >= 0.6 is 0 Å². The number of rotatable bonds is 4. The molecule has 0 radical (unpaired) electrons. The fraction of sp³-hybridized carbons (Fsp3) is 0.241.